The molecule has 0 unspecified atom stereocenters. The van der Waals surface area contributed by atoms with Gasteiger partial charge in [0.05, 0.1) is 26.0 Å². The standard InChI is InChI=1S/C20H28N4O3/c1-13-11-16(24(3)15-9-7-6-8-10-15)21-14(2)19(13)27-20-22-17(25-4)12-18(23-20)26-5/h11-12,15H,6-10H2,1-5H3. The molecule has 1 aliphatic rings. The van der Waals surface area contributed by atoms with Gasteiger partial charge in [0.15, 0.2) is 5.75 Å². The largest absolute Gasteiger partial charge is 0.481 e. The molecule has 2 heterocycles. The van der Waals surface area contributed by atoms with Crippen molar-refractivity contribution < 1.29 is 14.2 Å². The molecule has 3 rings (SSSR count). The van der Waals surface area contributed by atoms with Crippen LogP contribution in [0.4, 0.5) is 5.82 Å². The molecule has 0 spiro atoms. The van der Waals surface area contributed by atoms with Gasteiger partial charge in [-0.2, -0.15) is 9.97 Å². The highest BCUT2D eigenvalue weighted by Gasteiger charge is 2.21. The van der Waals surface area contributed by atoms with E-state index in [0.29, 0.717) is 23.6 Å². The predicted molar refractivity (Wildman–Crippen MR) is 104 cm³/mol. The number of pyridine rings is 1. The summed E-state index contributed by atoms with van der Waals surface area (Å²) in [5.41, 5.74) is 1.79. The van der Waals surface area contributed by atoms with E-state index in [1.165, 1.54) is 32.1 Å². The van der Waals surface area contributed by atoms with Crippen LogP contribution in [0.3, 0.4) is 0 Å². The van der Waals surface area contributed by atoms with Crippen molar-refractivity contribution in [1.29, 1.82) is 0 Å². The number of ether oxygens (including phenoxy) is 3. The minimum Gasteiger partial charge on any atom is -0.481 e. The average Bonchev–Trinajstić information content (AvgIpc) is 2.70. The van der Waals surface area contributed by atoms with Crippen LogP contribution in [0.1, 0.15) is 43.4 Å². The van der Waals surface area contributed by atoms with E-state index < -0.39 is 0 Å². The second kappa shape index (κ2) is 8.41. The van der Waals surface area contributed by atoms with Gasteiger partial charge < -0.3 is 19.1 Å². The van der Waals surface area contributed by atoms with Gasteiger partial charge in [0, 0.05) is 13.1 Å². The van der Waals surface area contributed by atoms with E-state index in [9.17, 15) is 0 Å². The molecular weight excluding hydrogens is 344 g/mol. The summed E-state index contributed by atoms with van der Waals surface area (Å²) in [5.74, 6) is 2.40. The number of methoxy groups -OCH3 is 2. The number of anilines is 1. The van der Waals surface area contributed by atoms with E-state index >= 15 is 0 Å². The van der Waals surface area contributed by atoms with Crippen LogP contribution in [-0.2, 0) is 0 Å². The number of nitrogens with zero attached hydrogens (tertiary/aromatic N) is 4. The summed E-state index contributed by atoms with van der Waals surface area (Å²) in [6.45, 7) is 3.96. The van der Waals surface area contributed by atoms with Crippen molar-refractivity contribution in [2.24, 2.45) is 0 Å². The molecule has 2 aromatic heterocycles. The van der Waals surface area contributed by atoms with Crippen LogP contribution in [-0.4, -0.2) is 42.3 Å². The van der Waals surface area contributed by atoms with Crippen LogP contribution in [0.25, 0.3) is 0 Å². The Kier molecular flexibility index (Phi) is 5.98. The lowest BCUT2D eigenvalue weighted by Gasteiger charge is -2.32. The molecule has 0 aliphatic heterocycles. The Hall–Kier alpha value is -2.57. The lowest BCUT2D eigenvalue weighted by Crippen LogP contribution is -2.34. The van der Waals surface area contributed by atoms with Crippen LogP contribution < -0.4 is 19.1 Å². The molecule has 1 saturated carbocycles. The van der Waals surface area contributed by atoms with Crippen LogP contribution in [0.2, 0.25) is 0 Å². The van der Waals surface area contributed by atoms with Gasteiger partial charge in [-0.15, -0.1) is 0 Å². The minimum atomic E-state index is 0.174. The van der Waals surface area contributed by atoms with Crippen molar-refractivity contribution >= 4 is 5.82 Å². The molecule has 0 aromatic carbocycles. The van der Waals surface area contributed by atoms with E-state index in [2.05, 4.69) is 28.0 Å². The van der Waals surface area contributed by atoms with Crippen molar-refractivity contribution in [2.45, 2.75) is 52.0 Å². The number of aryl methyl sites for hydroxylation is 2. The van der Waals surface area contributed by atoms with Gasteiger partial charge in [-0.1, -0.05) is 19.3 Å². The molecule has 7 heteroatoms. The zero-order valence-corrected chi connectivity index (χ0v) is 16.8. The third kappa shape index (κ3) is 4.40. The SMILES string of the molecule is COc1cc(OC)nc(Oc2c(C)cc(N(C)C3CCCCC3)nc2C)n1. The van der Waals surface area contributed by atoms with Gasteiger partial charge in [0.2, 0.25) is 11.8 Å². The molecule has 1 aliphatic carbocycles. The predicted octanol–water partition coefficient (Wildman–Crippen LogP) is 4.07. The summed E-state index contributed by atoms with van der Waals surface area (Å²) in [7, 11) is 5.22. The van der Waals surface area contributed by atoms with Crippen molar-refractivity contribution in [2.75, 3.05) is 26.2 Å². The Morgan fingerprint density at radius 2 is 1.56 bits per heavy atom. The van der Waals surface area contributed by atoms with Gasteiger partial charge in [0.25, 0.3) is 0 Å². The van der Waals surface area contributed by atoms with E-state index in [0.717, 1.165) is 17.1 Å². The summed E-state index contributed by atoms with van der Waals surface area (Å²) in [6.07, 6.45) is 6.39. The fourth-order valence-electron chi connectivity index (χ4n) is 3.52. The third-order valence-electron chi connectivity index (χ3n) is 5.07. The second-order valence-electron chi connectivity index (χ2n) is 6.95. The third-order valence-corrected chi connectivity index (χ3v) is 5.07. The van der Waals surface area contributed by atoms with E-state index in [1.807, 2.05) is 13.8 Å². The first kappa shape index (κ1) is 19.2. The van der Waals surface area contributed by atoms with Gasteiger partial charge in [-0.3, -0.25) is 0 Å². The quantitative estimate of drug-likeness (QED) is 0.757. The van der Waals surface area contributed by atoms with Gasteiger partial charge in [0.1, 0.15) is 5.82 Å². The zero-order chi connectivity index (χ0) is 19.4. The molecule has 1 fully saturated rings. The van der Waals surface area contributed by atoms with Crippen molar-refractivity contribution in [3.8, 4) is 23.5 Å². The molecular formula is C20H28N4O3. The highest BCUT2D eigenvalue weighted by molar-refractivity contribution is 5.50. The number of rotatable bonds is 6. The molecule has 2 aromatic rings. The molecule has 0 saturated heterocycles. The van der Waals surface area contributed by atoms with Gasteiger partial charge in [-0.25, -0.2) is 4.98 Å². The minimum absolute atomic E-state index is 0.174. The Balaban J connectivity index is 1.85. The van der Waals surface area contributed by atoms with Crippen LogP contribution >= 0.6 is 0 Å². The molecule has 0 radical (unpaired) electrons. The van der Waals surface area contributed by atoms with Crippen molar-refractivity contribution in [3.05, 3.63) is 23.4 Å². The summed E-state index contributed by atoms with van der Waals surface area (Å²) < 4.78 is 16.3. The Bertz CT molecular complexity index is 746. The Labute approximate surface area is 160 Å². The first-order valence-corrected chi connectivity index (χ1v) is 9.37. The molecule has 27 heavy (non-hydrogen) atoms. The van der Waals surface area contributed by atoms with E-state index in [4.69, 9.17) is 19.2 Å². The first-order valence-electron chi connectivity index (χ1n) is 9.37. The smallest absolute Gasteiger partial charge is 0.328 e. The summed E-state index contributed by atoms with van der Waals surface area (Å²) >= 11 is 0. The normalized spacial score (nSPS) is 14.7. The lowest BCUT2D eigenvalue weighted by molar-refractivity contribution is 0.346. The van der Waals surface area contributed by atoms with Gasteiger partial charge in [-0.05, 0) is 38.3 Å². The molecule has 0 amide bonds. The zero-order valence-electron chi connectivity index (χ0n) is 16.8. The Morgan fingerprint density at radius 3 is 2.11 bits per heavy atom. The Morgan fingerprint density at radius 1 is 0.926 bits per heavy atom. The van der Waals surface area contributed by atoms with Crippen molar-refractivity contribution in [1.82, 2.24) is 15.0 Å². The fraction of sp³-hybridized carbons (Fsp3) is 0.550. The number of aromatic nitrogens is 3. The van der Waals surface area contributed by atoms with Crippen LogP contribution in [0.5, 0.6) is 23.5 Å². The van der Waals surface area contributed by atoms with Crippen LogP contribution in [0, 0.1) is 13.8 Å². The maximum atomic E-state index is 5.94. The molecule has 7 nitrogen and oxygen atoms in total. The van der Waals surface area contributed by atoms with Gasteiger partial charge >= 0.3 is 6.01 Å². The van der Waals surface area contributed by atoms with E-state index in [-0.39, 0.29) is 6.01 Å². The fourth-order valence-corrected chi connectivity index (χ4v) is 3.52. The molecule has 146 valence electrons. The topological polar surface area (TPSA) is 69.6 Å². The monoisotopic (exact) mass is 372 g/mol. The highest BCUT2D eigenvalue weighted by atomic mass is 16.5. The average molecular weight is 372 g/mol. The number of hydrogen-bond donors (Lipinski definition) is 0. The summed E-state index contributed by atoms with van der Waals surface area (Å²) in [6, 6.07) is 4.40. The number of hydrogen-bond acceptors (Lipinski definition) is 7. The molecule has 0 bridgehead atoms. The molecule has 0 atom stereocenters. The van der Waals surface area contributed by atoms with Crippen LogP contribution in [0.15, 0.2) is 12.1 Å². The maximum absolute atomic E-state index is 5.94. The lowest BCUT2D eigenvalue weighted by atomic mass is 9.94. The highest BCUT2D eigenvalue weighted by Crippen LogP contribution is 2.32. The van der Waals surface area contributed by atoms with E-state index in [1.54, 1.807) is 20.3 Å². The summed E-state index contributed by atoms with van der Waals surface area (Å²) in [4.78, 5) is 15.5. The molecule has 0 N–H and O–H groups in total. The maximum Gasteiger partial charge on any atom is 0.328 e. The van der Waals surface area contributed by atoms with Crippen molar-refractivity contribution in [3.63, 3.8) is 0 Å². The summed E-state index contributed by atoms with van der Waals surface area (Å²) in [5, 5.41) is 0. The first-order chi connectivity index (χ1) is 13.0. The second-order valence-corrected chi connectivity index (χ2v) is 6.95.